The number of amides is 1. The number of carbonyl (C=O) groups excluding carboxylic acids is 1. The summed E-state index contributed by atoms with van der Waals surface area (Å²) < 4.78 is 13.6. The van der Waals surface area contributed by atoms with Gasteiger partial charge in [0.1, 0.15) is 11.9 Å². The lowest BCUT2D eigenvalue weighted by atomic mass is 10.2. The van der Waals surface area contributed by atoms with Gasteiger partial charge in [-0.15, -0.1) is 0 Å². The third-order valence-corrected chi connectivity index (χ3v) is 2.90. The molecule has 2 rings (SSSR count). The molecule has 1 aliphatic rings. The van der Waals surface area contributed by atoms with Gasteiger partial charge in [0.05, 0.1) is 5.69 Å². The smallest absolute Gasteiger partial charge is 0.326 e. The number of aliphatic carboxylic acids is 1. The van der Waals surface area contributed by atoms with E-state index in [4.69, 9.17) is 16.7 Å². The van der Waals surface area contributed by atoms with E-state index < -0.39 is 23.7 Å². The maximum Gasteiger partial charge on any atom is 0.326 e. The summed E-state index contributed by atoms with van der Waals surface area (Å²) >= 11 is 5.72. The molecule has 1 saturated heterocycles. The van der Waals surface area contributed by atoms with E-state index in [1.807, 2.05) is 0 Å². The minimum atomic E-state index is -1.14. The molecular weight excluding hydrogens is 249 g/mol. The first-order valence-electron chi connectivity index (χ1n) is 5.00. The number of carboxylic acids is 1. The zero-order valence-electron chi connectivity index (χ0n) is 8.69. The maximum atomic E-state index is 13.6. The van der Waals surface area contributed by atoms with Crippen molar-refractivity contribution in [1.29, 1.82) is 0 Å². The molecule has 1 atom stereocenters. The van der Waals surface area contributed by atoms with Gasteiger partial charge in [0.15, 0.2) is 0 Å². The van der Waals surface area contributed by atoms with Gasteiger partial charge in [-0.05, 0) is 24.6 Å². The van der Waals surface area contributed by atoms with Crippen molar-refractivity contribution in [2.45, 2.75) is 18.9 Å². The highest BCUT2D eigenvalue weighted by atomic mass is 35.5. The molecule has 4 nitrogen and oxygen atoms in total. The number of carbonyl (C=O) groups is 2. The van der Waals surface area contributed by atoms with Gasteiger partial charge in [-0.25, -0.2) is 9.18 Å². The highest BCUT2D eigenvalue weighted by Gasteiger charge is 2.38. The standard InChI is InChI=1S/C11H9ClFNO3/c12-6-1-2-7(13)9(5-6)14-8(11(16)17)3-4-10(14)15/h1-2,5,8H,3-4H2,(H,16,17)/t8-/m0/s1. The molecule has 1 heterocycles. The molecule has 6 heteroatoms. The van der Waals surface area contributed by atoms with Gasteiger partial charge in [0, 0.05) is 11.4 Å². The van der Waals surface area contributed by atoms with E-state index in [0.717, 1.165) is 11.0 Å². The first kappa shape index (κ1) is 11.9. The van der Waals surface area contributed by atoms with Crippen LogP contribution in [-0.2, 0) is 9.59 Å². The lowest BCUT2D eigenvalue weighted by molar-refractivity contribution is -0.138. The van der Waals surface area contributed by atoms with Crippen LogP contribution in [0.1, 0.15) is 12.8 Å². The molecule has 0 radical (unpaired) electrons. The summed E-state index contributed by atoms with van der Waals surface area (Å²) in [7, 11) is 0. The molecule has 0 unspecified atom stereocenters. The Morgan fingerprint density at radius 3 is 2.88 bits per heavy atom. The average Bonchev–Trinajstić information content (AvgIpc) is 2.64. The van der Waals surface area contributed by atoms with Gasteiger partial charge in [-0.2, -0.15) is 0 Å². The van der Waals surface area contributed by atoms with Crippen molar-refractivity contribution < 1.29 is 19.1 Å². The highest BCUT2D eigenvalue weighted by Crippen LogP contribution is 2.31. The van der Waals surface area contributed by atoms with Crippen molar-refractivity contribution in [3.63, 3.8) is 0 Å². The minimum Gasteiger partial charge on any atom is -0.480 e. The Morgan fingerprint density at radius 2 is 2.24 bits per heavy atom. The number of benzene rings is 1. The molecule has 0 aliphatic carbocycles. The fourth-order valence-corrected chi connectivity index (χ4v) is 2.06. The van der Waals surface area contributed by atoms with Crippen LogP contribution in [0.5, 0.6) is 0 Å². The van der Waals surface area contributed by atoms with E-state index in [-0.39, 0.29) is 23.6 Å². The van der Waals surface area contributed by atoms with Crippen molar-refractivity contribution in [2.24, 2.45) is 0 Å². The number of carboxylic acid groups (broad SMARTS) is 1. The van der Waals surface area contributed by atoms with E-state index in [1.165, 1.54) is 12.1 Å². The van der Waals surface area contributed by atoms with Gasteiger partial charge in [-0.1, -0.05) is 11.6 Å². The normalized spacial score (nSPS) is 19.8. The fraction of sp³-hybridized carbons (Fsp3) is 0.273. The van der Waals surface area contributed by atoms with Crippen LogP contribution in [0.3, 0.4) is 0 Å². The average molecular weight is 258 g/mol. The van der Waals surface area contributed by atoms with Crippen molar-refractivity contribution in [3.8, 4) is 0 Å². The quantitative estimate of drug-likeness (QED) is 0.882. The SMILES string of the molecule is O=C(O)[C@@H]1CCC(=O)N1c1cc(Cl)ccc1F. The molecule has 0 spiro atoms. The molecule has 0 saturated carbocycles. The Labute approximate surface area is 102 Å². The van der Waals surface area contributed by atoms with Crippen molar-refractivity contribution in [2.75, 3.05) is 4.90 Å². The first-order valence-corrected chi connectivity index (χ1v) is 5.38. The van der Waals surface area contributed by atoms with E-state index in [1.54, 1.807) is 0 Å². The lowest BCUT2D eigenvalue weighted by Crippen LogP contribution is -2.39. The lowest BCUT2D eigenvalue weighted by Gasteiger charge is -2.22. The monoisotopic (exact) mass is 257 g/mol. The topological polar surface area (TPSA) is 57.6 Å². The Bertz CT molecular complexity index is 492. The third-order valence-electron chi connectivity index (χ3n) is 2.66. The highest BCUT2D eigenvalue weighted by molar-refractivity contribution is 6.31. The van der Waals surface area contributed by atoms with Gasteiger partial charge >= 0.3 is 5.97 Å². The van der Waals surface area contributed by atoms with E-state index >= 15 is 0 Å². The Morgan fingerprint density at radius 1 is 1.53 bits per heavy atom. The molecule has 1 fully saturated rings. The molecule has 1 N–H and O–H groups in total. The molecule has 1 amide bonds. The Balaban J connectivity index is 2.46. The van der Waals surface area contributed by atoms with Crippen molar-refractivity contribution in [3.05, 3.63) is 29.0 Å². The van der Waals surface area contributed by atoms with Crippen LogP contribution < -0.4 is 4.90 Å². The zero-order valence-corrected chi connectivity index (χ0v) is 9.45. The van der Waals surface area contributed by atoms with Crippen LogP contribution in [0.15, 0.2) is 18.2 Å². The predicted molar refractivity (Wildman–Crippen MR) is 59.6 cm³/mol. The first-order chi connectivity index (χ1) is 8.00. The number of halogens is 2. The van der Waals surface area contributed by atoms with E-state index in [0.29, 0.717) is 0 Å². The second kappa shape index (κ2) is 4.33. The minimum absolute atomic E-state index is 0.0765. The molecule has 0 bridgehead atoms. The number of hydrogen-bond acceptors (Lipinski definition) is 2. The van der Waals surface area contributed by atoms with Crippen molar-refractivity contribution in [1.82, 2.24) is 0 Å². The largest absolute Gasteiger partial charge is 0.480 e. The fourth-order valence-electron chi connectivity index (χ4n) is 1.89. The van der Waals surface area contributed by atoms with Gasteiger partial charge in [0.25, 0.3) is 0 Å². The molecule has 1 aromatic carbocycles. The van der Waals surface area contributed by atoms with Gasteiger partial charge in [0.2, 0.25) is 5.91 Å². The second-order valence-electron chi connectivity index (χ2n) is 3.75. The van der Waals surface area contributed by atoms with Crippen LogP contribution in [0.25, 0.3) is 0 Å². The van der Waals surface area contributed by atoms with Crippen LogP contribution in [0, 0.1) is 5.82 Å². The summed E-state index contributed by atoms with van der Waals surface area (Å²) in [6.45, 7) is 0. The number of hydrogen-bond donors (Lipinski definition) is 1. The predicted octanol–water partition coefficient (Wildman–Crippen LogP) is 2.06. The molecule has 17 heavy (non-hydrogen) atoms. The van der Waals surface area contributed by atoms with E-state index in [9.17, 15) is 14.0 Å². The molecule has 1 aromatic rings. The van der Waals surface area contributed by atoms with Crippen molar-refractivity contribution >= 4 is 29.2 Å². The molecular formula is C11H9ClFNO3. The Kier molecular flexibility index (Phi) is 3.02. The van der Waals surface area contributed by atoms with E-state index in [2.05, 4.69) is 0 Å². The summed E-state index contributed by atoms with van der Waals surface area (Å²) in [5, 5.41) is 9.23. The third kappa shape index (κ3) is 2.10. The molecule has 90 valence electrons. The summed E-state index contributed by atoms with van der Waals surface area (Å²) in [6.07, 6.45) is 0.281. The Hall–Kier alpha value is -1.62. The zero-order chi connectivity index (χ0) is 12.6. The van der Waals surface area contributed by atoms with Crippen LogP contribution in [0.4, 0.5) is 10.1 Å². The van der Waals surface area contributed by atoms with Crippen LogP contribution in [0.2, 0.25) is 5.02 Å². The molecule has 0 aromatic heterocycles. The summed E-state index contributed by atoms with van der Waals surface area (Å²) in [5.41, 5.74) is -0.0765. The van der Waals surface area contributed by atoms with Gasteiger partial charge in [-0.3, -0.25) is 9.69 Å². The number of anilines is 1. The number of nitrogens with zero attached hydrogens (tertiary/aromatic N) is 1. The number of rotatable bonds is 2. The maximum absolute atomic E-state index is 13.6. The summed E-state index contributed by atoms with van der Waals surface area (Å²) in [6, 6.07) is 2.70. The van der Waals surface area contributed by atoms with Crippen LogP contribution in [-0.4, -0.2) is 23.0 Å². The van der Waals surface area contributed by atoms with Gasteiger partial charge < -0.3 is 5.11 Å². The van der Waals surface area contributed by atoms with Crippen LogP contribution >= 0.6 is 11.6 Å². The summed E-state index contributed by atoms with van der Waals surface area (Å²) in [5.74, 6) is -2.20. The summed E-state index contributed by atoms with van der Waals surface area (Å²) in [4.78, 5) is 23.5. The second-order valence-corrected chi connectivity index (χ2v) is 4.19. The molecule has 1 aliphatic heterocycles.